The molecule has 0 radical (unpaired) electrons. The molecule has 2 amide bonds. The molecule has 8 heteroatoms. The van der Waals surface area contributed by atoms with E-state index in [1.165, 1.54) is 12.1 Å². The highest BCUT2D eigenvalue weighted by atomic mass is 19.1. The van der Waals surface area contributed by atoms with E-state index < -0.39 is 18.0 Å². The van der Waals surface area contributed by atoms with Gasteiger partial charge in [0.1, 0.15) is 19.0 Å². The average molecular weight is 540 g/mol. The largest absolute Gasteiger partial charge is 0.444 e. The summed E-state index contributed by atoms with van der Waals surface area (Å²) < 4.78 is 26.3. The van der Waals surface area contributed by atoms with E-state index >= 15 is 4.39 Å². The van der Waals surface area contributed by atoms with Crippen LogP contribution < -0.4 is 14.7 Å². The molecule has 1 heterocycles. The van der Waals surface area contributed by atoms with E-state index in [2.05, 4.69) is 17.0 Å². The van der Waals surface area contributed by atoms with Gasteiger partial charge in [-0.25, -0.2) is 14.0 Å². The molecule has 204 valence electrons. The summed E-state index contributed by atoms with van der Waals surface area (Å²) in [4.78, 5) is 31.2. The third-order valence-corrected chi connectivity index (χ3v) is 6.71. The highest BCUT2D eigenvalue weighted by Gasteiger charge is 2.29. The zero-order valence-electron chi connectivity index (χ0n) is 22.0. The molecule has 0 aromatic heterocycles. The lowest BCUT2D eigenvalue weighted by atomic mass is 10.2. The van der Waals surface area contributed by atoms with Gasteiger partial charge in [-0.15, -0.1) is 0 Å². The predicted molar refractivity (Wildman–Crippen MR) is 153 cm³/mol. The molecule has 0 spiro atoms. The molecule has 0 bridgehead atoms. The lowest BCUT2D eigenvalue weighted by Gasteiger charge is -2.37. The standard InChI is InChI=1S/C32H30FN3O4/c33-29-22-28(16-17-30(29)35-20-18-34(19-21-35)27-14-8-3-9-15-27)36(31(37)39-23-25-10-4-1-5-11-25)32(38)40-24-26-12-6-2-7-13-26/h1-17,22H,18-21,23-24H2. The van der Waals surface area contributed by atoms with Crippen molar-refractivity contribution in [2.24, 2.45) is 0 Å². The van der Waals surface area contributed by atoms with Crippen molar-refractivity contribution >= 4 is 29.2 Å². The Balaban J connectivity index is 1.31. The Morgan fingerprint density at radius 3 is 1.62 bits per heavy atom. The van der Waals surface area contributed by atoms with Gasteiger partial charge in [0, 0.05) is 37.9 Å². The molecule has 0 atom stereocenters. The monoisotopic (exact) mass is 539 g/mol. The van der Waals surface area contributed by atoms with Gasteiger partial charge >= 0.3 is 12.2 Å². The fourth-order valence-electron chi connectivity index (χ4n) is 4.59. The van der Waals surface area contributed by atoms with Crippen LogP contribution in [0, 0.1) is 5.82 Å². The molecule has 1 aliphatic heterocycles. The number of hydrogen-bond acceptors (Lipinski definition) is 6. The fourth-order valence-corrected chi connectivity index (χ4v) is 4.59. The Morgan fingerprint density at radius 1 is 0.650 bits per heavy atom. The number of ether oxygens (including phenoxy) is 2. The molecule has 0 N–H and O–H groups in total. The number of halogens is 1. The lowest BCUT2D eigenvalue weighted by Crippen LogP contribution is -2.46. The highest BCUT2D eigenvalue weighted by Crippen LogP contribution is 2.28. The summed E-state index contributed by atoms with van der Waals surface area (Å²) in [6.07, 6.45) is -1.91. The second kappa shape index (κ2) is 12.8. The van der Waals surface area contributed by atoms with Crippen molar-refractivity contribution in [2.45, 2.75) is 13.2 Å². The van der Waals surface area contributed by atoms with Gasteiger partial charge in [0.25, 0.3) is 0 Å². The number of carbonyl (C=O) groups excluding carboxylic acids is 2. The number of anilines is 3. The minimum absolute atomic E-state index is 0.0281. The minimum atomic E-state index is -0.953. The lowest BCUT2D eigenvalue weighted by molar-refractivity contribution is 0.127. The number of rotatable bonds is 7. The van der Waals surface area contributed by atoms with Crippen LogP contribution in [0.5, 0.6) is 0 Å². The van der Waals surface area contributed by atoms with Crippen LogP contribution in [0.1, 0.15) is 11.1 Å². The first-order chi connectivity index (χ1) is 19.6. The quantitative estimate of drug-likeness (QED) is 0.263. The molecule has 5 rings (SSSR count). The Hall–Kier alpha value is -4.85. The van der Waals surface area contributed by atoms with Crippen LogP contribution in [0.25, 0.3) is 0 Å². The summed E-state index contributed by atoms with van der Waals surface area (Å²) in [5.74, 6) is -0.539. The number of nitrogens with zero attached hydrogens (tertiary/aromatic N) is 3. The number of benzene rings is 4. The van der Waals surface area contributed by atoms with Crippen LogP contribution in [-0.4, -0.2) is 38.4 Å². The second-order valence-electron chi connectivity index (χ2n) is 9.36. The van der Waals surface area contributed by atoms with Crippen molar-refractivity contribution in [3.8, 4) is 0 Å². The fraction of sp³-hybridized carbons (Fsp3) is 0.188. The van der Waals surface area contributed by atoms with Gasteiger partial charge < -0.3 is 19.3 Å². The molecule has 4 aromatic carbocycles. The van der Waals surface area contributed by atoms with E-state index in [9.17, 15) is 9.59 Å². The molecular formula is C32H30FN3O4. The molecule has 0 saturated carbocycles. The Kier molecular flexibility index (Phi) is 8.56. The Morgan fingerprint density at radius 2 is 1.12 bits per heavy atom. The van der Waals surface area contributed by atoms with Crippen LogP contribution in [0.2, 0.25) is 0 Å². The summed E-state index contributed by atoms with van der Waals surface area (Å²) in [5, 5.41) is 0. The molecule has 1 saturated heterocycles. The van der Waals surface area contributed by atoms with E-state index in [1.807, 2.05) is 59.5 Å². The number of hydrogen-bond donors (Lipinski definition) is 0. The Labute approximate surface area is 233 Å². The topological polar surface area (TPSA) is 62.3 Å². The van der Waals surface area contributed by atoms with Crippen molar-refractivity contribution in [3.63, 3.8) is 0 Å². The van der Waals surface area contributed by atoms with E-state index in [4.69, 9.17) is 9.47 Å². The SMILES string of the molecule is O=C(OCc1ccccc1)N(C(=O)OCc1ccccc1)c1ccc(N2CCN(c3ccccc3)CC2)c(F)c1. The van der Waals surface area contributed by atoms with E-state index in [0.29, 0.717) is 18.8 Å². The first-order valence-electron chi connectivity index (χ1n) is 13.1. The van der Waals surface area contributed by atoms with Crippen LogP contribution in [-0.2, 0) is 22.7 Å². The van der Waals surface area contributed by atoms with E-state index in [0.717, 1.165) is 34.8 Å². The van der Waals surface area contributed by atoms with E-state index in [-0.39, 0.29) is 18.9 Å². The molecule has 40 heavy (non-hydrogen) atoms. The smallest absolute Gasteiger partial charge is 0.424 e. The molecule has 1 aliphatic rings. The van der Waals surface area contributed by atoms with Crippen molar-refractivity contribution < 1.29 is 23.5 Å². The summed E-state index contributed by atoms with van der Waals surface area (Å²) >= 11 is 0. The summed E-state index contributed by atoms with van der Waals surface area (Å²) in [6.45, 7) is 2.66. The van der Waals surface area contributed by atoms with Crippen LogP contribution in [0.4, 0.5) is 31.0 Å². The molecular weight excluding hydrogens is 509 g/mol. The maximum atomic E-state index is 15.5. The van der Waals surface area contributed by atoms with Crippen molar-refractivity contribution in [1.82, 2.24) is 0 Å². The normalized spacial score (nSPS) is 13.0. The van der Waals surface area contributed by atoms with E-state index in [1.54, 1.807) is 30.3 Å². The Bertz CT molecular complexity index is 1360. The second-order valence-corrected chi connectivity index (χ2v) is 9.36. The molecule has 1 fully saturated rings. The molecule has 4 aromatic rings. The molecule has 0 aliphatic carbocycles. The third kappa shape index (κ3) is 6.58. The number of carbonyl (C=O) groups is 2. The number of imide groups is 1. The number of piperazine rings is 1. The first kappa shape index (κ1) is 26.7. The molecule has 0 unspecified atom stereocenters. The van der Waals surface area contributed by atoms with Gasteiger partial charge in [-0.2, -0.15) is 4.90 Å². The maximum Gasteiger partial charge on any atom is 0.424 e. The first-order valence-corrected chi connectivity index (χ1v) is 13.1. The summed E-state index contributed by atoms with van der Waals surface area (Å²) in [5.41, 5.74) is 3.08. The summed E-state index contributed by atoms with van der Waals surface area (Å²) in [6, 6.07) is 32.6. The van der Waals surface area contributed by atoms with Crippen LogP contribution in [0.15, 0.2) is 109 Å². The van der Waals surface area contributed by atoms with Gasteiger partial charge in [0.2, 0.25) is 0 Å². The van der Waals surface area contributed by atoms with Crippen molar-refractivity contribution in [3.05, 3.63) is 126 Å². The maximum absolute atomic E-state index is 15.5. The van der Waals surface area contributed by atoms with Gasteiger partial charge in [-0.3, -0.25) is 0 Å². The van der Waals surface area contributed by atoms with Crippen LogP contribution in [0.3, 0.4) is 0 Å². The minimum Gasteiger partial charge on any atom is -0.444 e. The third-order valence-electron chi connectivity index (χ3n) is 6.71. The van der Waals surface area contributed by atoms with Gasteiger partial charge in [-0.1, -0.05) is 78.9 Å². The average Bonchev–Trinajstić information content (AvgIpc) is 3.01. The van der Waals surface area contributed by atoms with Gasteiger partial charge in [0.15, 0.2) is 0 Å². The highest BCUT2D eigenvalue weighted by molar-refractivity contribution is 6.09. The summed E-state index contributed by atoms with van der Waals surface area (Å²) in [7, 11) is 0. The molecule has 7 nitrogen and oxygen atoms in total. The number of para-hydroxylation sites is 1. The van der Waals surface area contributed by atoms with Crippen LogP contribution >= 0.6 is 0 Å². The number of amides is 2. The van der Waals surface area contributed by atoms with Crippen molar-refractivity contribution in [2.75, 3.05) is 40.9 Å². The van der Waals surface area contributed by atoms with Crippen molar-refractivity contribution in [1.29, 1.82) is 0 Å². The zero-order valence-corrected chi connectivity index (χ0v) is 22.0. The predicted octanol–water partition coefficient (Wildman–Crippen LogP) is 6.63. The van der Waals surface area contributed by atoms with Gasteiger partial charge in [0.05, 0.1) is 11.4 Å². The van der Waals surface area contributed by atoms with Gasteiger partial charge in [-0.05, 0) is 35.4 Å². The zero-order chi connectivity index (χ0) is 27.7.